The zero-order valence-electron chi connectivity index (χ0n) is 16.4. The van der Waals surface area contributed by atoms with E-state index in [0.717, 1.165) is 16.9 Å². The lowest BCUT2D eigenvalue weighted by molar-refractivity contribution is -0.140. The molecule has 2 rings (SSSR count). The Morgan fingerprint density at radius 3 is 2.30 bits per heavy atom. The van der Waals surface area contributed by atoms with Crippen LogP contribution in [0.5, 0.6) is 5.75 Å². The number of carbonyl (C=O) groups excluding carboxylic acids is 2. The maximum Gasteiger partial charge on any atom is 0.242 e. The lowest BCUT2D eigenvalue weighted by atomic mass is 10.1. The van der Waals surface area contributed by atoms with Crippen LogP contribution in [0.25, 0.3) is 0 Å². The second-order valence-electron chi connectivity index (χ2n) is 6.87. The van der Waals surface area contributed by atoms with Gasteiger partial charge in [-0.2, -0.15) is 0 Å². The Labute approximate surface area is 161 Å². The molecule has 5 heteroatoms. The van der Waals surface area contributed by atoms with Crippen LogP contribution in [0, 0.1) is 0 Å². The van der Waals surface area contributed by atoms with E-state index in [4.69, 9.17) is 4.74 Å². The Morgan fingerprint density at radius 2 is 1.67 bits per heavy atom. The van der Waals surface area contributed by atoms with E-state index in [2.05, 4.69) is 5.32 Å². The summed E-state index contributed by atoms with van der Waals surface area (Å²) in [6.45, 7) is 5.92. The molecule has 27 heavy (non-hydrogen) atoms. The van der Waals surface area contributed by atoms with Gasteiger partial charge in [-0.05, 0) is 44.0 Å². The summed E-state index contributed by atoms with van der Waals surface area (Å²) in [7, 11) is 1.61. The minimum atomic E-state index is -0.574. The molecule has 1 unspecified atom stereocenters. The number of carbonyl (C=O) groups is 2. The van der Waals surface area contributed by atoms with Crippen LogP contribution >= 0.6 is 0 Å². The van der Waals surface area contributed by atoms with Crippen molar-refractivity contribution in [3.05, 3.63) is 65.7 Å². The van der Waals surface area contributed by atoms with Gasteiger partial charge in [0.15, 0.2) is 0 Å². The molecule has 1 N–H and O–H groups in total. The molecule has 0 saturated heterocycles. The van der Waals surface area contributed by atoms with Crippen molar-refractivity contribution in [2.45, 2.75) is 45.8 Å². The summed E-state index contributed by atoms with van der Waals surface area (Å²) < 4.78 is 5.27. The standard InChI is InChI=1S/C22H28N2O3/c1-16(2)23-22(26)17(3)24(15-19-11-8-12-20(13-19)27-4)21(25)14-18-9-6-5-7-10-18/h5-13,16-17H,14-15H2,1-4H3,(H,23,26). The minimum Gasteiger partial charge on any atom is -0.497 e. The monoisotopic (exact) mass is 368 g/mol. The van der Waals surface area contributed by atoms with E-state index in [9.17, 15) is 9.59 Å². The molecule has 0 radical (unpaired) electrons. The molecule has 144 valence electrons. The predicted molar refractivity (Wildman–Crippen MR) is 106 cm³/mol. The minimum absolute atomic E-state index is 0.0165. The predicted octanol–water partition coefficient (Wildman–Crippen LogP) is 3.18. The van der Waals surface area contributed by atoms with Crippen LogP contribution in [0.3, 0.4) is 0 Å². The highest BCUT2D eigenvalue weighted by molar-refractivity contribution is 5.88. The molecule has 0 aromatic heterocycles. The second-order valence-corrected chi connectivity index (χ2v) is 6.87. The highest BCUT2D eigenvalue weighted by Gasteiger charge is 2.26. The second kappa shape index (κ2) is 9.76. The number of ether oxygens (including phenoxy) is 1. The van der Waals surface area contributed by atoms with Crippen molar-refractivity contribution in [1.82, 2.24) is 10.2 Å². The van der Waals surface area contributed by atoms with E-state index in [1.54, 1.807) is 18.9 Å². The summed E-state index contributed by atoms with van der Waals surface area (Å²) in [5, 5.41) is 2.89. The first kappa shape index (κ1) is 20.5. The largest absolute Gasteiger partial charge is 0.497 e. The van der Waals surface area contributed by atoms with Crippen molar-refractivity contribution in [2.24, 2.45) is 0 Å². The van der Waals surface area contributed by atoms with Crippen molar-refractivity contribution >= 4 is 11.8 Å². The molecule has 0 saturated carbocycles. The summed E-state index contributed by atoms with van der Waals surface area (Å²) in [6.07, 6.45) is 0.254. The molecule has 1 atom stereocenters. The molecule has 0 heterocycles. The average Bonchev–Trinajstić information content (AvgIpc) is 2.66. The summed E-state index contributed by atoms with van der Waals surface area (Å²) in [5.74, 6) is 0.479. The zero-order valence-corrected chi connectivity index (χ0v) is 16.4. The third-order valence-corrected chi connectivity index (χ3v) is 4.28. The van der Waals surface area contributed by atoms with E-state index in [1.807, 2.05) is 68.4 Å². The fourth-order valence-corrected chi connectivity index (χ4v) is 2.83. The van der Waals surface area contributed by atoms with Crippen molar-refractivity contribution in [1.29, 1.82) is 0 Å². The van der Waals surface area contributed by atoms with Gasteiger partial charge in [0, 0.05) is 12.6 Å². The highest BCUT2D eigenvalue weighted by Crippen LogP contribution is 2.17. The lowest BCUT2D eigenvalue weighted by Crippen LogP contribution is -2.49. The highest BCUT2D eigenvalue weighted by atomic mass is 16.5. The third-order valence-electron chi connectivity index (χ3n) is 4.28. The van der Waals surface area contributed by atoms with Gasteiger partial charge in [0.05, 0.1) is 13.5 Å². The van der Waals surface area contributed by atoms with E-state index < -0.39 is 6.04 Å². The summed E-state index contributed by atoms with van der Waals surface area (Å²) >= 11 is 0. The smallest absolute Gasteiger partial charge is 0.242 e. The van der Waals surface area contributed by atoms with E-state index in [0.29, 0.717) is 6.54 Å². The quantitative estimate of drug-likeness (QED) is 0.779. The number of benzene rings is 2. The summed E-state index contributed by atoms with van der Waals surface area (Å²) in [4.78, 5) is 27.2. The first-order valence-electron chi connectivity index (χ1n) is 9.17. The van der Waals surface area contributed by atoms with Crippen LogP contribution in [-0.2, 0) is 22.6 Å². The number of rotatable bonds is 8. The van der Waals surface area contributed by atoms with Crippen LogP contribution in [0.15, 0.2) is 54.6 Å². The maximum atomic E-state index is 13.0. The Kier molecular flexibility index (Phi) is 7.41. The van der Waals surface area contributed by atoms with Gasteiger partial charge in [0.2, 0.25) is 11.8 Å². The molecule has 0 spiro atoms. The number of nitrogens with zero attached hydrogens (tertiary/aromatic N) is 1. The van der Waals surface area contributed by atoms with Crippen LogP contribution in [0.2, 0.25) is 0 Å². The van der Waals surface area contributed by atoms with Crippen molar-refractivity contribution in [2.75, 3.05) is 7.11 Å². The molecule has 5 nitrogen and oxygen atoms in total. The topological polar surface area (TPSA) is 58.6 Å². The maximum absolute atomic E-state index is 13.0. The zero-order chi connectivity index (χ0) is 19.8. The SMILES string of the molecule is COc1cccc(CN(C(=O)Cc2ccccc2)C(C)C(=O)NC(C)C)c1. The van der Waals surface area contributed by atoms with Gasteiger partial charge in [-0.1, -0.05) is 42.5 Å². The van der Waals surface area contributed by atoms with Gasteiger partial charge in [0.25, 0.3) is 0 Å². The van der Waals surface area contributed by atoms with Gasteiger partial charge >= 0.3 is 0 Å². The fraction of sp³-hybridized carbons (Fsp3) is 0.364. The molecule has 0 aliphatic heterocycles. The molecule has 0 aliphatic carbocycles. The molecule has 2 aromatic rings. The van der Waals surface area contributed by atoms with Crippen molar-refractivity contribution in [3.8, 4) is 5.75 Å². The number of nitrogens with one attached hydrogen (secondary N) is 1. The molecule has 0 bridgehead atoms. The van der Waals surface area contributed by atoms with Crippen molar-refractivity contribution < 1.29 is 14.3 Å². The van der Waals surface area contributed by atoms with Gasteiger partial charge in [-0.15, -0.1) is 0 Å². The van der Waals surface area contributed by atoms with Crippen molar-refractivity contribution in [3.63, 3.8) is 0 Å². The van der Waals surface area contributed by atoms with Gasteiger partial charge < -0.3 is 15.0 Å². The number of hydrogen-bond acceptors (Lipinski definition) is 3. The van der Waals surface area contributed by atoms with E-state index in [-0.39, 0.29) is 24.3 Å². The van der Waals surface area contributed by atoms with Gasteiger partial charge in [-0.3, -0.25) is 9.59 Å². The van der Waals surface area contributed by atoms with Gasteiger partial charge in [-0.25, -0.2) is 0 Å². The fourth-order valence-electron chi connectivity index (χ4n) is 2.83. The summed E-state index contributed by atoms with van der Waals surface area (Å²) in [5.41, 5.74) is 1.84. The first-order chi connectivity index (χ1) is 12.9. The average molecular weight is 368 g/mol. The molecular formula is C22H28N2O3. The molecule has 0 aliphatic rings. The lowest BCUT2D eigenvalue weighted by Gasteiger charge is -2.29. The Hall–Kier alpha value is -2.82. The number of amides is 2. The Morgan fingerprint density at radius 1 is 1.00 bits per heavy atom. The first-order valence-corrected chi connectivity index (χ1v) is 9.17. The normalized spacial score (nSPS) is 11.7. The summed E-state index contributed by atoms with van der Waals surface area (Å²) in [6, 6.07) is 16.6. The number of hydrogen-bond donors (Lipinski definition) is 1. The van der Waals surface area contributed by atoms with Crippen LogP contribution in [0.4, 0.5) is 0 Å². The Balaban J connectivity index is 2.23. The van der Waals surface area contributed by atoms with Gasteiger partial charge in [0.1, 0.15) is 11.8 Å². The molecular weight excluding hydrogens is 340 g/mol. The molecule has 2 amide bonds. The van der Waals surface area contributed by atoms with E-state index in [1.165, 1.54) is 0 Å². The van der Waals surface area contributed by atoms with Crippen LogP contribution in [0.1, 0.15) is 31.9 Å². The Bertz CT molecular complexity index is 759. The van der Waals surface area contributed by atoms with Crippen LogP contribution in [-0.4, -0.2) is 35.9 Å². The van der Waals surface area contributed by atoms with E-state index >= 15 is 0 Å². The number of methoxy groups -OCH3 is 1. The molecule has 2 aromatic carbocycles. The third kappa shape index (κ3) is 6.13. The molecule has 0 fully saturated rings. The van der Waals surface area contributed by atoms with Crippen LogP contribution < -0.4 is 10.1 Å².